The fourth-order valence-corrected chi connectivity index (χ4v) is 2.13. The lowest BCUT2D eigenvalue weighted by Crippen LogP contribution is -2.19. The van der Waals surface area contributed by atoms with E-state index in [1.165, 1.54) is 0 Å². The number of rotatable bonds is 4. The summed E-state index contributed by atoms with van der Waals surface area (Å²) in [7, 11) is 0. The topological polar surface area (TPSA) is 53.7 Å². The number of halogens is 3. The lowest BCUT2D eigenvalue weighted by Gasteiger charge is -2.08. The highest BCUT2D eigenvalue weighted by molar-refractivity contribution is 7.71. The Balaban J connectivity index is 2.17. The molecule has 0 aliphatic carbocycles. The standard InChI is InChI=1S/C12H10F3N3OS/c13-12(14,15)7-19-5-4-18-9-3-1-2-8(6-16)10(9)17-11(18)20/h1-3H,4-5,7H2,(H,17,20). The first-order valence-corrected chi connectivity index (χ1v) is 6.09. The number of fused-ring (bicyclic) bond motifs is 1. The van der Waals surface area contributed by atoms with E-state index in [2.05, 4.69) is 9.72 Å². The van der Waals surface area contributed by atoms with Crippen LogP contribution < -0.4 is 0 Å². The first kappa shape index (κ1) is 14.6. The summed E-state index contributed by atoms with van der Waals surface area (Å²) < 4.78 is 42.4. The van der Waals surface area contributed by atoms with Crippen molar-refractivity contribution in [2.75, 3.05) is 13.2 Å². The van der Waals surface area contributed by atoms with Crippen molar-refractivity contribution in [3.63, 3.8) is 0 Å². The summed E-state index contributed by atoms with van der Waals surface area (Å²) in [5.41, 5.74) is 1.68. The Labute approximate surface area is 117 Å². The summed E-state index contributed by atoms with van der Waals surface area (Å²) >= 11 is 5.10. The number of alkyl halides is 3. The Morgan fingerprint density at radius 1 is 1.40 bits per heavy atom. The molecule has 106 valence electrons. The average Bonchev–Trinajstić information content (AvgIpc) is 2.69. The van der Waals surface area contributed by atoms with E-state index >= 15 is 0 Å². The number of aromatic amines is 1. The second-order valence-electron chi connectivity index (χ2n) is 4.06. The van der Waals surface area contributed by atoms with E-state index in [9.17, 15) is 13.2 Å². The van der Waals surface area contributed by atoms with E-state index < -0.39 is 12.8 Å². The zero-order valence-electron chi connectivity index (χ0n) is 10.2. The number of para-hydroxylation sites is 1. The van der Waals surface area contributed by atoms with Gasteiger partial charge in [-0.2, -0.15) is 18.4 Å². The molecule has 2 rings (SSSR count). The molecule has 0 amide bonds. The van der Waals surface area contributed by atoms with Gasteiger partial charge in [-0.15, -0.1) is 0 Å². The fraction of sp³-hybridized carbons (Fsp3) is 0.333. The molecular formula is C12H10F3N3OS. The van der Waals surface area contributed by atoms with Gasteiger partial charge < -0.3 is 14.3 Å². The molecule has 20 heavy (non-hydrogen) atoms. The smallest absolute Gasteiger partial charge is 0.370 e. The molecule has 0 saturated heterocycles. The van der Waals surface area contributed by atoms with Crippen LogP contribution in [0.15, 0.2) is 18.2 Å². The Bertz CT molecular complexity index is 711. The summed E-state index contributed by atoms with van der Waals surface area (Å²) in [5.74, 6) is 0. The van der Waals surface area contributed by atoms with Crippen LogP contribution in [0.1, 0.15) is 5.56 Å². The van der Waals surface area contributed by atoms with Crippen molar-refractivity contribution in [3.05, 3.63) is 28.5 Å². The lowest BCUT2D eigenvalue weighted by molar-refractivity contribution is -0.174. The molecule has 8 heteroatoms. The number of aromatic nitrogens is 2. The lowest BCUT2D eigenvalue weighted by atomic mass is 10.2. The zero-order chi connectivity index (χ0) is 14.8. The molecule has 1 aromatic carbocycles. The minimum Gasteiger partial charge on any atom is -0.370 e. The molecule has 0 bridgehead atoms. The molecule has 1 N–H and O–H groups in total. The molecule has 4 nitrogen and oxygen atoms in total. The van der Waals surface area contributed by atoms with Gasteiger partial charge in [0.25, 0.3) is 0 Å². The number of hydrogen-bond donors (Lipinski definition) is 1. The summed E-state index contributed by atoms with van der Waals surface area (Å²) in [4.78, 5) is 2.88. The normalized spacial score (nSPS) is 11.7. The van der Waals surface area contributed by atoms with Gasteiger partial charge in [0.2, 0.25) is 0 Å². The quantitative estimate of drug-likeness (QED) is 0.697. The predicted molar refractivity (Wildman–Crippen MR) is 68.7 cm³/mol. The summed E-state index contributed by atoms with van der Waals surface area (Å²) in [6.07, 6.45) is -4.34. The Kier molecular flexibility index (Phi) is 4.11. The second-order valence-corrected chi connectivity index (χ2v) is 4.45. The van der Waals surface area contributed by atoms with Crippen LogP contribution in [-0.2, 0) is 11.3 Å². The average molecular weight is 301 g/mol. The maximum atomic E-state index is 12.0. The molecule has 0 aliphatic heterocycles. The number of nitrogens with one attached hydrogen (secondary N) is 1. The van der Waals surface area contributed by atoms with Crippen molar-refractivity contribution in [1.82, 2.24) is 9.55 Å². The maximum absolute atomic E-state index is 12.0. The molecule has 0 fully saturated rings. The molecular weight excluding hydrogens is 291 g/mol. The van der Waals surface area contributed by atoms with Gasteiger partial charge in [-0.3, -0.25) is 0 Å². The second kappa shape index (κ2) is 5.64. The van der Waals surface area contributed by atoms with Gasteiger partial charge in [0.15, 0.2) is 4.77 Å². The third-order valence-corrected chi connectivity index (χ3v) is 2.98. The van der Waals surface area contributed by atoms with Gasteiger partial charge in [0, 0.05) is 6.54 Å². The van der Waals surface area contributed by atoms with Crippen molar-refractivity contribution in [3.8, 4) is 6.07 Å². The molecule has 0 aliphatic rings. The first-order chi connectivity index (χ1) is 9.42. The summed E-state index contributed by atoms with van der Waals surface area (Å²) in [6, 6.07) is 7.10. The highest BCUT2D eigenvalue weighted by Crippen LogP contribution is 2.18. The highest BCUT2D eigenvalue weighted by atomic mass is 32.1. The van der Waals surface area contributed by atoms with Crippen LogP contribution in [0, 0.1) is 16.1 Å². The van der Waals surface area contributed by atoms with Crippen molar-refractivity contribution < 1.29 is 17.9 Å². The minimum absolute atomic E-state index is 0.114. The van der Waals surface area contributed by atoms with Crippen molar-refractivity contribution in [2.24, 2.45) is 0 Å². The van der Waals surface area contributed by atoms with E-state index in [1.807, 2.05) is 6.07 Å². The molecule has 1 heterocycles. The zero-order valence-corrected chi connectivity index (χ0v) is 11.0. The number of imidazole rings is 1. The number of H-pyrrole nitrogens is 1. The predicted octanol–water partition coefficient (Wildman–Crippen LogP) is 3.15. The number of benzene rings is 1. The van der Waals surface area contributed by atoms with Crippen LogP contribution in [0.3, 0.4) is 0 Å². The van der Waals surface area contributed by atoms with Crippen LogP contribution in [0.5, 0.6) is 0 Å². The number of nitrogens with zero attached hydrogens (tertiary/aromatic N) is 2. The van der Waals surface area contributed by atoms with E-state index in [4.69, 9.17) is 17.5 Å². The minimum atomic E-state index is -4.34. The van der Waals surface area contributed by atoms with Gasteiger partial charge >= 0.3 is 6.18 Å². The third kappa shape index (κ3) is 3.18. The Hall–Kier alpha value is -1.85. The number of hydrogen-bond acceptors (Lipinski definition) is 3. The molecule has 0 spiro atoms. The van der Waals surface area contributed by atoms with Crippen molar-refractivity contribution >= 4 is 23.3 Å². The molecule has 2 aromatic rings. The van der Waals surface area contributed by atoms with Crippen LogP contribution in [0.25, 0.3) is 11.0 Å². The van der Waals surface area contributed by atoms with Crippen LogP contribution in [0.2, 0.25) is 0 Å². The van der Waals surface area contributed by atoms with E-state index in [0.717, 1.165) is 0 Å². The summed E-state index contributed by atoms with van der Waals surface area (Å²) in [6.45, 7) is -1.21. The van der Waals surface area contributed by atoms with Gasteiger partial charge in [-0.25, -0.2) is 0 Å². The van der Waals surface area contributed by atoms with Crippen LogP contribution in [0.4, 0.5) is 13.2 Å². The van der Waals surface area contributed by atoms with Gasteiger partial charge in [0.05, 0.1) is 23.2 Å². The molecule has 0 unspecified atom stereocenters. The Morgan fingerprint density at radius 2 is 2.15 bits per heavy atom. The largest absolute Gasteiger partial charge is 0.411 e. The molecule has 1 aromatic heterocycles. The SMILES string of the molecule is N#Cc1cccc2c1[nH]c(=S)n2CCOCC(F)(F)F. The molecule has 0 saturated carbocycles. The third-order valence-electron chi connectivity index (χ3n) is 2.66. The maximum Gasteiger partial charge on any atom is 0.411 e. The van der Waals surface area contributed by atoms with Crippen molar-refractivity contribution in [2.45, 2.75) is 12.7 Å². The van der Waals surface area contributed by atoms with Crippen LogP contribution in [-0.4, -0.2) is 28.9 Å². The fourth-order valence-electron chi connectivity index (χ4n) is 1.84. The summed E-state index contributed by atoms with van der Waals surface area (Å²) in [5, 5.41) is 8.98. The van der Waals surface area contributed by atoms with E-state index in [0.29, 0.717) is 21.4 Å². The first-order valence-electron chi connectivity index (χ1n) is 5.68. The number of nitriles is 1. The van der Waals surface area contributed by atoms with E-state index in [1.54, 1.807) is 22.8 Å². The highest BCUT2D eigenvalue weighted by Gasteiger charge is 2.27. The van der Waals surface area contributed by atoms with Gasteiger partial charge in [0.1, 0.15) is 12.7 Å². The monoisotopic (exact) mass is 301 g/mol. The Morgan fingerprint density at radius 3 is 2.80 bits per heavy atom. The molecule has 0 radical (unpaired) electrons. The number of ether oxygens (including phenoxy) is 1. The van der Waals surface area contributed by atoms with E-state index in [-0.39, 0.29) is 13.2 Å². The van der Waals surface area contributed by atoms with Gasteiger partial charge in [-0.1, -0.05) is 6.07 Å². The van der Waals surface area contributed by atoms with Gasteiger partial charge in [-0.05, 0) is 24.4 Å². The van der Waals surface area contributed by atoms with Crippen molar-refractivity contribution in [1.29, 1.82) is 5.26 Å². The van der Waals surface area contributed by atoms with Crippen LogP contribution >= 0.6 is 12.2 Å². The molecule has 0 atom stereocenters.